The molecule has 26 heavy (non-hydrogen) atoms. The topological polar surface area (TPSA) is 59.1 Å². The molecule has 0 bridgehead atoms. The molecule has 5 nitrogen and oxygen atoms in total. The molecule has 134 valence electrons. The van der Waals surface area contributed by atoms with Crippen molar-refractivity contribution in [2.24, 2.45) is 0 Å². The fourth-order valence-electron chi connectivity index (χ4n) is 2.77. The average Bonchev–Trinajstić information content (AvgIpc) is 2.69. The van der Waals surface area contributed by atoms with E-state index >= 15 is 0 Å². The number of ether oxygens (including phenoxy) is 1. The van der Waals surface area contributed by atoms with Crippen LogP contribution in [0.4, 0.5) is 17.3 Å². The predicted octanol–water partition coefficient (Wildman–Crippen LogP) is 4.45. The maximum atomic E-state index is 5.26. The average molecular weight is 348 g/mol. The van der Waals surface area contributed by atoms with Crippen molar-refractivity contribution in [2.75, 3.05) is 24.3 Å². The van der Waals surface area contributed by atoms with E-state index < -0.39 is 0 Å². The van der Waals surface area contributed by atoms with Gasteiger partial charge in [0.05, 0.1) is 7.11 Å². The summed E-state index contributed by atoms with van der Waals surface area (Å²) in [6.45, 7) is 2.93. The van der Waals surface area contributed by atoms with Gasteiger partial charge < -0.3 is 15.4 Å². The smallest absolute Gasteiger partial charge is 0.135 e. The summed E-state index contributed by atoms with van der Waals surface area (Å²) in [6, 6.07) is 18.3. The van der Waals surface area contributed by atoms with Crippen molar-refractivity contribution in [3.63, 3.8) is 0 Å². The van der Waals surface area contributed by atoms with E-state index in [0.717, 1.165) is 42.5 Å². The molecule has 0 spiro atoms. The molecule has 0 radical (unpaired) electrons. The van der Waals surface area contributed by atoms with Crippen LogP contribution >= 0.6 is 0 Å². The van der Waals surface area contributed by atoms with Crippen LogP contribution in [0.3, 0.4) is 0 Å². The number of hydrogen-bond donors (Lipinski definition) is 2. The van der Waals surface area contributed by atoms with Gasteiger partial charge in [-0.3, -0.25) is 0 Å². The summed E-state index contributed by atoms with van der Waals surface area (Å²) >= 11 is 0. The lowest BCUT2D eigenvalue weighted by atomic mass is 10.1. The predicted molar refractivity (Wildman–Crippen MR) is 106 cm³/mol. The van der Waals surface area contributed by atoms with Crippen LogP contribution in [0.15, 0.2) is 60.9 Å². The van der Waals surface area contributed by atoms with Gasteiger partial charge in [0.25, 0.3) is 0 Å². The highest BCUT2D eigenvalue weighted by Crippen LogP contribution is 2.21. The molecule has 0 unspecified atom stereocenters. The first-order chi connectivity index (χ1) is 12.8. The summed E-state index contributed by atoms with van der Waals surface area (Å²) in [7, 11) is 1.68. The van der Waals surface area contributed by atoms with E-state index in [0.29, 0.717) is 0 Å². The highest BCUT2D eigenvalue weighted by molar-refractivity contribution is 5.62. The number of aromatic nitrogens is 2. The molecule has 0 aliphatic carbocycles. The Labute approximate surface area is 154 Å². The van der Waals surface area contributed by atoms with Crippen LogP contribution in [0.1, 0.15) is 18.1 Å². The van der Waals surface area contributed by atoms with Gasteiger partial charge in [0.15, 0.2) is 0 Å². The summed E-state index contributed by atoms with van der Waals surface area (Å²) in [5, 5.41) is 6.73. The Balaban J connectivity index is 1.60. The van der Waals surface area contributed by atoms with Crippen LogP contribution in [-0.4, -0.2) is 23.6 Å². The van der Waals surface area contributed by atoms with Crippen molar-refractivity contribution in [1.82, 2.24) is 9.97 Å². The van der Waals surface area contributed by atoms with Gasteiger partial charge in [-0.05, 0) is 42.2 Å². The third-order valence-corrected chi connectivity index (χ3v) is 4.18. The molecule has 0 aliphatic heterocycles. The number of methoxy groups -OCH3 is 1. The van der Waals surface area contributed by atoms with E-state index in [2.05, 4.69) is 57.9 Å². The van der Waals surface area contributed by atoms with Crippen molar-refractivity contribution >= 4 is 17.3 Å². The van der Waals surface area contributed by atoms with Crippen LogP contribution in [-0.2, 0) is 12.8 Å². The molecule has 0 saturated heterocycles. The lowest BCUT2D eigenvalue weighted by Gasteiger charge is -2.11. The van der Waals surface area contributed by atoms with Gasteiger partial charge in [0.2, 0.25) is 0 Å². The normalized spacial score (nSPS) is 10.4. The number of hydrogen-bond acceptors (Lipinski definition) is 5. The molecule has 2 N–H and O–H groups in total. The maximum Gasteiger partial charge on any atom is 0.135 e. The summed E-state index contributed by atoms with van der Waals surface area (Å²) < 4.78 is 5.26. The zero-order valence-electron chi connectivity index (χ0n) is 15.2. The minimum atomic E-state index is 0.782. The van der Waals surface area contributed by atoms with Crippen molar-refractivity contribution in [3.05, 3.63) is 72.1 Å². The molecule has 0 atom stereocenters. The summed E-state index contributed by atoms with van der Waals surface area (Å²) in [5.74, 6) is 2.47. The first-order valence-electron chi connectivity index (χ1n) is 8.82. The Kier molecular flexibility index (Phi) is 6.04. The lowest BCUT2D eigenvalue weighted by Crippen LogP contribution is -2.07. The molecule has 0 amide bonds. The molecule has 3 rings (SSSR count). The molecule has 0 saturated carbocycles. The van der Waals surface area contributed by atoms with Crippen LogP contribution < -0.4 is 15.4 Å². The molecule has 3 aromatic rings. The summed E-state index contributed by atoms with van der Waals surface area (Å²) in [6.07, 6.45) is 3.44. The lowest BCUT2D eigenvalue weighted by molar-refractivity contribution is 0.414. The SMILES string of the molecule is CCc1ccccc1Nc1cc(NCCc2cccc(OC)c2)ncn1. The zero-order chi connectivity index (χ0) is 18.2. The van der Waals surface area contributed by atoms with Gasteiger partial charge in [-0.15, -0.1) is 0 Å². The standard InChI is InChI=1S/C21H24N4O/c1-3-17-8-4-5-10-19(17)25-21-14-20(23-15-24-21)22-12-11-16-7-6-9-18(13-16)26-2/h4-10,13-15H,3,11-12H2,1-2H3,(H2,22,23,24,25). The molecule has 0 fully saturated rings. The maximum absolute atomic E-state index is 5.26. The Morgan fingerprint density at radius 3 is 2.65 bits per heavy atom. The first-order valence-corrected chi connectivity index (χ1v) is 8.82. The Morgan fingerprint density at radius 1 is 0.962 bits per heavy atom. The molecule has 0 aliphatic rings. The second kappa shape index (κ2) is 8.85. The van der Waals surface area contributed by atoms with E-state index in [1.807, 2.05) is 24.3 Å². The van der Waals surface area contributed by atoms with Gasteiger partial charge in [-0.2, -0.15) is 0 Å². The second-order valence-electron chi connectivity index (χ2n) is 5.95. The number of para-hydroxylation sites is 1. The minimum Gasteiger partial charge on any atom is -0.497 e. The third kappa shape index (κ3) is 4.72. The molecular formula is C21H24N4O. The van der Waals surface area contributed by atoms with E-state index in [4.69, 9.17) is 4.74 Å². The number of anilines is 3. The van der Waals surface area contributed by atoms with Crippen molar-refractivity contribution in [3.8, 4) is 5.75 Å². The fourth-order valence-corrected chi connectivity index (χ4v) is 2.77. The third-order valence-electron chi connectivity index (χ3n) is 4.18. The molecule has 1 aromatic heterocycles. The molecular weight excluding hydrogens is 324 g/mol. The van der Waals surface area contributed by atoms with Crippen molar-refractivity contribution in [1.29, 1.82) is 0 Å². The highest BCUT2D eigenvalue weighted by atomic mass is 16.5. The second-order valence-corrected chi connectivity index (χ2v) is 5.95. The first kappa shape index (κ1) is 17.7. The largest absolute Gasteiger partial charge is 0.497 e. The Hall–Kier alpha value is -3.08. The number of nitrogens with zero attached hydrogens (tertiary/aromatic N) is 2. The fraction of sp³-hybridized carbons (Fsp3) is 0.238. The summed E-state index contributed by atoms with van der Waals surface area (Å²) in [5.41, 5.74) is 3.57. The van der Waals surface area contributed by atoms with E-state index in [9.17, 15) is 0 Å². The van der Waals surface area contributed by atoms with Crippen molar-refractivity contribution < 1.29 is 4.74 Å². The molecule has 1 heterocycles. The number of nitrogens with one attached hydrogen (secondary N) is 2. The van der Waals surface area contributed by atoms with E-state index in [1.165, 1.54) is 11.1 Å². The van der Waals surface area contributed by atoms with Crippen LogP contribution in [0, 0.1) is 0 Å². The van der Waals surface area contributed by atoms with Crippen LogP contribution in [0.5, 0.6) is 5.75 Å². The summed E-state index contributed by atoms with van der Waals surface area (Å²) in [4.78, 5) is 8.62. The highest BCUT2D eigenvalue weighted by Gasteiger charge is 2.03. The van der Waals surface area contributed by atoms with Gasteiger partial charge in [0.1, 0.15) is 23.7 Å². The van der Waals surface area contributed by atoms with Crippen LogP contribution in [0.25, 0.3) is 0 Å². The Bertz CT molecular complexity index is 851. The van der Waals surface area contributed by atoms with Gasteiger partial charge in [-0.1, -0.05) is 37.3 Å². The number of rotatable bonds is 8. The molecule has 2 aromatic carbocycles. The van der Waals surface area contributed by atoms with Gasteiger partial charge >= 0.3 is 0 Å². The monoisotopic (exact) mass is 348 g/mol. The minimum absolute atomic E-state index is 0.782. The molecule has 5 heteroatoms. The van der Waals surface area contributed by atoms with E-state index in [-0.39, 0.29) is 0 Å². The Morgan fingerprint density at radius 2 is 1.81 bits per heavy atom. The van der Waals surface area contributed by atoms with Crippen molar-refractivity contribution in [2.45, 2.75) is 19.8 Å². The van der Waals surface area contributed by atoms with E-state index in [1.54, 1.807) is 13.4 Å². The number of benzene rings is 2. The van der Waals surface area contributed by atoms with Crippen LogP contribution in [0.2, 0.25) is 0 Å². The zero-order valence-corrected chi connectivity index (χ0v) is 15.2. The number of aryl methyl sites for hydroxylation is 1. The quantitative estimate of drug-likeness (QED) is 0.630. The van der Waals surface area contributed by atoms with Gasteiger partial charge in [0, 0.05) is 18.3 Å². The van der Waals surface area contributed by atoms with Gasteiger partial charge in [-0.25, -0.2) is 9.97 Å².